The summed E-state index contributed by atoms with van der Waals surface area (Å²) in [5, 5.41) is 0. The highest BCUT2D eigenvalue weighted by Crippen LogP contribution is 2.41. The zero-order valence-corrected chi connectivity index (χ0v) is 22.2. The van der Waals surface area contributed by atoms with E-state index in [-0.39, 0.29) is 23.7 Å². The Morgan fingerprint density at radius 1 is 0.706 bits per heavy atom. The molecule has 1 aliphatic rings. The van der Waals surface area contributed by atoms with E-state index in [1.54, 1.807) is 0 Å². The first kappa shape index (κ1) is 24.6. The van der Waals surface area contributed by atoms with Crippen LogP contribution in [0.2, 0.25) is 0 Å². The van der Waals surface area contributed by atoms with Gasteiger partial charge in [0.1, 0.15) is 0 Å². The highest BCUT2D eigenvalue weighted by Gasteiger charge is 2.51. The van der Waals surface area contributed by atoms with Crippen LogP contribution in [-0.2, 0) is 14.7 Å². The SMILES string of the molecule is Cc1cc(C(C)(C)C)cc(C)c1N(c1ccccc1)c1ccc(B2OC(C)(C)C(C)(C)O2)cc1. The van der Waals surface area contributed by atoms with Gasteiger partial charge in [-0.05, 0) is 93.4 Å². The molecule has 1 saturated heterocycles. The van der Waals surface area contributed by atoms with Crippen LogP contribution in [-0.4, -0.2) is 18.3 Å². The molecule has 34 heavy (non-hydrogen) atoms. The highest BCUT2D eigenvalue weighted by molar-refractivity contribution is 6.62. The van der Waals surface area contributed by atoms with Crippen molar-refractivity contribution < 1.29 is 9.31 Å². The molecule has 4 heteroatoms. The second kappa shape index (κ2) is 8.59. The van der Waals surface area contributed by atoms with Crippen molar-refractivity contribution >= 4 is 29.6 Å². The smallest absolute Gasteiger partial charge is 0.399 e. The fourth-order valence-corrected chi connectivity index (χ4v) is 4.49. The predicted octanol–water partition coefficient (Wildman–Crippen LogP) is 7.37. The Morgan fingerprint density at radius 3 is 1.65 bits per heavy atom. The van der Waals surface area contributed by atoms with E-state index in [1.165, 1.54) is 22.4 Å². The van der Waals surface area contributed by atoms with Gasteiger partial charge in [-0.2, -0.15) is 0 Å². The molecular formula is C30H38BNO2. The number of benzene rings is 3. The normalized spacial score (nSPS) is 17.1. The Morgan fingerprint density at radius 2 is 1.18 bits per heavy atom. The molecule has 3 aromatic carbocycles. The molecule has 0 aromatic heterocycles. The minimum atomic E-state index is -0.362. The number of anilines is 3. The average molecular weight is 455 g/mol. The van der Waals surface area contributed by atoms with Gasteiger partial charge >= 0.3 is 7.12 Å². The van der Waals surface area contributed by atoms with Crippen molar-refractivity contribution in [3.63, 3.8) is 0 Å². The molecule has 0 aliphatic carbocycles. The molecule has 0 saturated carbocycles. The lowest BCUT2D eigenvalue weighted by Crippen LogP contribution is -2.41. The fourth-order valence-electron chi connectivity index (χ4n) is 4.49. The molecule has 0 atom stereocenters. The van der Waals surface area contributed by atoms with Crippen LogP contribution in [0.25, 0.3) is 0 Å². The van der Waals surface area contributed by atoms with E-state index < -0.39 is 0 Å². The van der Waals surface area contributed by atoms with E-state index in [0.29, 0.717) is 0 Å². The second-order valence-corrected chi connectivity index (χ2v) is 11.6. The Balaban J connectivity index is 1.76. The molecule has 1 fully saturated rings. The van der Waals surface area contributed by atoms with Crippen LogP contribution in [0.3, 0.4) is 0 Å². The number of aryl methyl sites for hydroxylation is 2. The van der Waals surface area contributed by atoms with Gasteiger partial charge < -0.3 is 14.2 Å². The number of hydrogen-bond donors (Lipinski definition) is 0. The van der Waals surface area contributed by atoms with Gasteiger partial charge in [0.05, 0.1) is 16.9 Å². The zero-order chi connectivity index (χ0) is 24.9. The summed E-state index contributed by atoms with van der Waals surface area (Å²) in [5.74, 6) is 0. The summed E-state index contributed by atoms with van der Waals surface area (Å²) in [6.07, 6.45) is 0. The summed E-state index contributed by atoms with van der Waals surface area (Å²) in [6, 6.07) is 23.8. The molecule has 1 heterocycles. The Labute approximate surface area is 206 Å². The monoisotopic (exact) mass is 455 g/mol. The number of rotatable bonds is 4. The largest absolute Gasteiger partial charge is 0.494 e. The van der Waals surface area contributed by atoms with Crippen LogP contribution >= 0.6 is 0 Å². The lowest BCUT2D eigenvalue weighted by molar-refractivity contribution is 0.00578. The summed E-state index contributed by atoms with van der Waals surface area (Å²) in [6.45, 7) is 19.6. The molecule has 3 aromatic rings. The molecule has 0 unspecified atom stereocenters. The summed E-state index contributed by atoms with van der Waals surface area (Å²) in [5.41, 5.74) is 7.81. The zero-order valence-electron chi connectivity index (χ0n) is 22.2. The van der Waals surface area contributed by atoms with Crippen LogP contribution in [0.15, 0.2) is 66.7 Å². The van der Waals surface area contributed by atoms with Gasteiger partial charge in [0.25, 0.3) is 0 Å². The van der Waals surface area contributed by atoms with Crippen molar-refractivity contribution in [2.75, 3.05) is 4.90 Å². The minimum absolute atomic E-state index is 0.107. The van der Waals surface area contributed by atoms with E-state index in [4.69, 9.17) is 9.31 Å². The highest BCUT2D eigenvalue weighted by atomic mass is 16.7. The third kappa shape index (κ3) is 4.54. The van der Waals surface area contributed by atoms with Gasteiger partial charge in [-0.3, -0.25) is 0 Å². The molecular weight excluding hydrogens is 417 g/mol. The molecule has 0 N–H and O–H groups in total. The van der Waals surface area contributed by atoms with Gasteiger partial charge in [0.15, 0.2) is 0 Å². The first-order chi connectivity index (χ1) is 15.8. The van der Waals surface area contributed by atoms with Crippen molar-refractivity contribution in [3.05, 3.63) is 83.4 Å². The molecule has 4 rings (SSSR count). The molecule has 1 aliphatic heterocycles. The van der Waals surface area contributed by atoms with Crippen molar-refractivity contribution in [3.8, 4) is 0 Å². The van der Waals surface area contributed by atoms with Gasteiger partial charge in [-0.1, -0.05) is 63.2 Å². The average Bonchev–Trinajstić information content (AvgIpc) is 2.97. The molecule has 0 radical (unpaired) electrons. The Kier molecular flexibility index (Phi) is 6.20. The van der Waals surface area contributed by atoms with E-state index in [0.717, 1.165) is 16.8 Å². The van der Waals surface area contributed by atoms with Gasteiger partial charge in [-0.15, -0.1) is 0 Å². The number of hydrogen-bond acceptors (Lipinski definition) is 3. The van der Waals surface area contributed by atoms with Crippen molar-refractivity contribution in [2.45, 2.75) is 78.9 Å². The number of para-hydroxylation sites is 1. The fraction of sp³-hybridized carbons (Fsp3) is 0.400. The minimum Gasteiger partial charge on any atom is -0.399 e. The van der Waals surface area contributed by atoms with Crippen LogP contribution in [0.4, 0.5) is 17.1 Å². The topological polar surface area (TPSA) is 21.7 Å². The Hall–Kier alpha value is -2.56. The van der Waals surface area contributed by atoms with Gasteiger partial charge in [0, 0.05) is 11.4 Å². The molecule has 0 amide bonds. The van der Waals surface area contributed by atoms with E-state index in [2.05, 4.69) is 134 Å². The van der Waals surface area contributed by atoms with Crippen molar-refractivity contribution in [2.24, 2.45) is 0 Å². The molecule has 0 bridgehead atoms. The lowest BCUT2D eigenvalue weighted by Gasteiger charge is -2.32. The molecule has 178 valence electrons. The van der Waals surface area contributed by atoms with Gasteiger partial charge in [0.2, 0.25) is 0 Å². The first-order valence-corrected chi connectivity index (χ1v) is 12.2. The Bertz CT molecular complexity index is 1120. The second-order valence-electron chi connectivity index (χ2n) is 11.6. The molecule has 3 nitrogen and oxygen atoms in total. The summed E-state index contributed by atoms with van der Waals surface area (Å²) < 4.78 is 12.5. The van der Waals surface area contributed by atoms with E-state index in [1.807, 2.05) is 0 Å². The van der Waals surface area contributed by atoms with Gasteiger partial charge in [-0.25, -0.2) is 0 Å². The summed E-state index contributed by atoms with van der Waals surface area (Å²) in [7, 11) is -0.362. The first-order valence-electron chi connectivity index (χ1n) is 12.2. The van der Waals surface area contributed by atoms with Crippen molar-refractivity contribution in [1.29, 1.82) is 0 Å². The summed E-state index contributed by atoms with van der Waals surface area (Å²) >= 11 is 0. The quantitative estimate of drug-likeness (QED) is 0.384. The van der Waals surface area contributed by atoms with E-state index in [9.17, 15) is 0 Å². The summed E-state index contributed by atoms with van der Waals surface area (Å²) in [4.78, 5) is 2.35. The standard InChI is InChI=1S/C30H38BNO2/c1-21-19-23(28(3,4)5)20-22(2)27(21)32(25-13-11-10-12-14-25)26-17-15-24(16-18-26)31-33-29(6,7)30(8,9)34-31/h10-20H,1-9H3. The third-order valence-corrected chi connectivity index (χ3v) is 7.27. The van der Waals surface area contributed by atoms with Crippen LogP contribution in [0.5, 0.6) is 0 Å². The van der Waals surface area contributed by atoms with E-state index >= 15 is 0 Å². The predicted molar refractivity (Wildman–Crippen MR) is 145 cm³/mol. The third-order valence-electron chi connectivity index (χ3n) is 7.27. The van der Waals surface area contributed by atoms with Crippen LogP contribution < -0.4 is 10.4 Å². The van der Waals surface area contributed by atoms with Crippen molar-refractivity contribution in [1.82, 2.24) is 0 Å². The maximum absolute atomic E-state index is 6.27. The molecule has 0 spiro atoms. The lowest BCUT2D eigenvalue weighted by atomic mass is 9.79. The maximum Gasteiger partial charge on any atom is 0.494 e. The number of nitrogens with zero attached hydrogens (tertiary/aromatic N) is 1. The van der Waals surface area contributed by atoms with Crippen LogP contribution in [0.1, 0.15) is 65.2 Å². The van der Waals surface area contributed by atoms with Crippen LogP contribution in [0, 0.1) is 13.8 Å². The maximum atomic E-state index is 6.27.